The topological polar surface area (TPSA) is 54.9 Å². The highest BCUT2D eigenvalue weighted by Crippen LogP contribution is 2.29. The molecule has 4 aromatic rings. The minimum Gasteiger partial charge on any atom is -0.348 e. The summed E-state index contributed by atoms with van der Waals surface area (Å²) in [4.78, 5) is 21.6. The lowest BCUT2D eigenvalue weighted by atomic mass is 10.0. The van der Waals surface area contributed by atoms with Gasteiger partial charge in [-0.1, -0.05) is 42.5 Å². The van der Waals surface area contributed by atoms with E-state index in [2.05, 4.69) is 15.3 Å². The number of alkyl halides is 3. The first-order chi connectivity index (χ1) is 14.4. The van der Waals surface area contributed by atoms with Gasteiger partial charge in [0, 0.05) is 29.9 Å². The molecule has 150 valence electrons. The lowest BCUT2D eigenvalue weighted by molar-refractivity contribution is -0.137. The molecule has 1 amide bonds. The molecule has 0 aliphatic carbocycles. The molecule has 0 bridgehead atoms. The van der Waals surface area contributed by atoms with E-state index in [1.807, 2.05) is 30.3 Å². The molecular formula is C23H16F3N3O. The Bertz CT molecular complexity index is 1210. The first-order valence-corrected chi connectivity index (χ1v) is 9.16. The van der Waals surface area contributed by atoms with Crippen molar-refractivity contribution >= 4 is 16.8 Å². The third-order valence-corrected chi connectivity index (χ3v) is 4.63. The van der Waals surface area contributed by atoms with Gasteiger partial charge in [0.2, 0.25) is 0 Å². The number of aromatic nitrogens is 2. The summed E-state index contributed by atoms with van der Waals surface area (Å²) in [5, 5.41) is 3.27. The Kier molecular flexibility index (Phi) is 5.18. The summed E-state index contributed by atoms with van der Waals surface area (Å²) in [6, 6.07) is 17.7. The van der Waals surface area contributed by atoms with E-state index >= 15 is 0 Å². The Morgan fingerprint density at radius 3 is 2.53 bits per heavy atom. The van der Waals surface area contributed by atoms with E-state index < -0.39 is 17.6 Å². The van der Waals surface area contributed by atoms with E-state index in [1.165, 1.54) is 12.1 Å². The van der Waals surface area contributed by atoms with E-state index in [4.69, 9.17) is 0 Å². The number of nitrogens with one attached hydrogen (secondary N) is 1. The second-order valence-electron chi connectivity index (χ2n) is 6.69. The minimum atomic E-state index is -4.43. The number of carbonyl (C=O) groups is 1. The Hall–Kier alpha value is -3.74. The number of nitrogens with zero attached hydrogens (tertiary/aromatic N) is 2. The van der Waals surface area contributed by atoms with Gasteiger partial charge >= 0.3 is 6.18 Å². The standard InChI is InChI=1S/C23H16F3N3O/c24-23(25,26)17-8-4-5-15(11-17)13-28-22(30)18-12-21(16-6-2-1-3-7-16)29-20-9-10-27-14-19(18)20/h1-12,14H,13H2,(H,28,30). The number of carbonyl (C=O) groups excluding carboxylic acids is 1. The summed E-state index contributed by atoms with van der Waals surface area (Å²) in [6.07, 6.45) is -1.29. The average molecular weight is 407 g/mol. The van der Waals surface area contributed by atoms with Crippen molar-refractivity contribution in [2.75, 3.05) is 0 Å². The van der Waals surface area contributed by atoms with Gasteiger partial charge in [-0.2, -0.15) is 13.2 Å². The molecule has 0 fully saturated rings. The molecule has 0 aliphatic rings. The quantitative estimate of drug-likeness (QED) is 0.503. The van der Waals surface area contributed by atoms with Crippen molar-refractivity contribution in [2.24, 2.45) is 0 Å². The zero-order chi connectivity index (χ0) is 21.1. The maximum absolute atomic E-state index is 12.9. The lowest BCUT2D eigenvalue weighted by Crippen LogP contribution is -2.23. The summed E-state index contributed by atoms with van der Waals surface area (Å²) in [5.74, 6) is -0.412. The summed E-state index contributed by atoms with van der Waals surface area (Å²) < 4.78 is 38.7. The second kappa shape index (κ2) is 7.94. The summed E-state index contributed by atoms with van der Waals surface area (Å²) in [7, 11) is 0. The average Bonchev–Trinajstić information content (AvgIpc) is 2.77. The maximum Gasteiger partial charge on any atom is 0.416 e. The summed E-state index contributed by atoms with van der Waals surface area (Å²) in [5.41, 5.74) is 2.05. The van der Waals surface area contributed by atoms with Crippen LogP contribution in [0.3, 0.4) is 0 Å². The molecule has 1 N–H and O–H groups in total. The van der Waals surface area contributed by atoms with Gasteiger partial charge in [-0.3, -0.25) is 9.78 Å². The summed E-state index contributed by atoms with van der Waals surface area (Å²) in [6.45, 7) is -0.0342. The number of hydrogen-bond donors (Lipinski definition) is 1. The number of amides is 1. The zero-order valence-electron chi connectivity index (χ0n) is 15.6. The van der Waals surface area contributed by atoms with Crippen molar-refractivity contribution in [1.82, 2.24) is 15.3 Å². The van der Waals surface area contributed by atoms with Crippen LogP contribution in [0.1, 0.15) is 21.5 Å². The number of benzene rings is 2. The van der Waals surface area contributed by atoms with Crippen LogP contribution in [-0.4, -0.2) is 15.9 Å². The Morgan fingerprint density at radius 1 is 0.967 bits per heavy atom. The van der Waals surface area contributed by atoms with Gasteiger partial charge in [0.1, 0.15) is 0 Å². The third-order valence-electron chi connectivity index (χ3n) is 4.63. The molecule has 7 heteroatoms. The Balaban J connectivity index is 1.65. The second-order valence-corrected chi connectivity index (χ2v) is 6.69. The van der Waals surface area contributed by atoms with Gasteiger partial charge in [-0.15, -0.1) is 0 Å². The van der Waals surface area contributed by atoms with Gasteiger partial charge in [0.05, 0.1) is 22.3 Å². The number of halogens is 3. The largest absolute Gasteiger partial charge is 0.416 e. The molecule has 4 rings (SSSR count). The number of fused-ring (bicyclic) bond motifs is 1. The highest BCUT2D eigenvalue weighted by atomic mass is 19.4. The van der Waals surface area contributed by atoms with E-state index in [-0.39, 0.29) is 6.54 Å². The molecular weight excluding hydrogens is 391 g/mol. The number of rotatable bonds is 4. The van der Waals surface area contributed by atoms with Crippen molar-refractivity contribution in [3.05, 3.63) is 95.8 Å². The first kappa shape index (κ1) is 19.6. The van der Waals surface area contributed by atoms with Gasteiger partial charge < -0.3 is 5.32 Å². The number of pyridine rings is 2. The van der Waals surface area contributed by atoms with Gasteiger partial charge in [-0.25, -0.2) is 4.98 Å². The fraction of sp³-hybridized carbons (Fsp3) is 0.0870. The SMILES string of the molecule is O=C(NCc1cccc(C(F)(F)F)c1)c1cc(-c2ccccc2)nc2ccncc12. The lowest BCUT2D eigenvalue weighted by Gasteiger charge is -2.12. The van der Waals surface area contributed by atoms with Crippen molar-refractivity contribution in [1.29, 1.82) is 0 Å². The molecule has 0 atom stereocenters. The van der Waals surface area contributed by atoms with E-state index in [9.17, 15) is 18.0 Å². The van der Waals surface area contributed by atoms with E-state index in [0.29, 0.717) is 27.7 Å². The predicted octanol–water partition coefficient (Wildman–Crippen LogP) is 5.25. The van der Waals surface area contributed by atoms with Crippen molar-refractivity contribution in [2.45, 2.75) is 12.7 Å². The zero-order valence-corrected chi connectivity index (χ0v) is 15.6. The van der Waals surface area contributed by atoms with Crippen molar-refractivity contribution in [3.8, 4) is 11.3 Å². The Labute approximate surface area is 170 Å². The molecule has 0 saturated carbocycles. The van der Waals surface area contributed by atoms with Crippen LogP contribution in [0, 0.1) is 0 Å². The van der Waals surface area contributed by atoms with Crippen LogP contribution >= 0.6 is 0 Å². The molecule has 4 nitrogen and oxygen atoms in total. The fourth-order valence-corrected chi connectivity index (χ4v) is 3.15. The molecule has 0 unspecified atom stereocenters. The molecule has 0 saturated heterocycles. The van der Waals surface area contributed by atoms with Crippen molar-refractivity contribution in [3.63, 3.8) is 0 Å². The molecule has 0 radical (unpaired) electrons. The predicted molar refractivity (Wildman–Crippen MR) is 108 cm³/mol. The highest BCUT2D eigenvalue weighted by molar-refractivity contribution is 6.06. The smallest absolute Gasteiger partial charge is 0.348 e. The van der Waals surface area contributed by atoms with Crippen LogP contribution in [0.4, 0.5) is 13.2 Å². The van der Waals surface area contributed by atoms with Crippen LogP contribution < -0.4 is 5.32 Å². The monoisotopic (exact) mass is 407 g/mol. The van der Waals surface area contributed by atoms with Gasteiger partial charge in [0.25, 0.3) is 5.91 Å². The summed E-state index contributed by atoms with van der Waals surface area (Å²) >= 11 is 0. The normalized spacial score (nSPS) is 11.4. The van der Waals surface area contributed by atoms with E-state index in [1.54, 1.807) is 24.5 Å². The third kappa shape index (κ3) is 4.15. The molecule has 0 aliphatic heterocycles. The molecule has 30 heavy (non-hydrogen) atoms. The fourth-order valence-electron chi connectivity index (χ4n) is 3.15. The number of hydrogen-bond acceptors (Lipinski definition) is 3. The molecule has 2 heterocycles. The van der Waals surface area contributed by atoms with Crippen LogP contribution in [0.2, 0.25) is 0 Å². The molecule has 0 spiro atoms. The first-order valence-electron chi connectivity index (χ1n) is 9.16. The van der Waals surface area contributed by atoms with Gasteiger partial charge in [0.15, 0.2) is 0 Å². The van der Waals surface area contributed by atoms with Gasteiger partial charge in [-0.05, 0) is 29.8 Å². The molecule has 2 aromatic heterocycles. The Morgan fingerprint density at radius 2 is 1.77 bits per heavy atom. The van der Waals surface area contributed by atoms with E-state index in [0.717, 1.165) is 17.7 Å². The minimum absolute atomic E-state index is 0.0342. The van der Waals surface area contributed by atoms with Crippen LogP contribution in [0.25, 0.3) is 22.2 Å². The van der Waals surface area contributed by atoms with Crippen LogP contribution in [-0.2, 0) is 12.7 Å². The van der Waals surface area contributed by atoms with Crippen LogP contribution in [0.5, 0.6) is 0 Å². The molecule has 2 aromatic carbocycles. The van der Waals surface area contributed by atoms with Crippen LogP contribution in [0.15, 0.2) is 79.1 Å². The highest BCUT2D eigenvalue weighted by Gasteiger charge is 2.30. The van der Waals surface area contributed by atoms with Crippen molar-refractivity contribution < 1.29 is 18.0 Å². The maximum atomic E-state index is 12.9.